The third-order valence-corrected chi connectivity index (χ3v) is 7.02. The lowest BCUT2D eigenvalue weighted by atomic mass is 10.1. The SMILES string of the molecule is COc1cc2c(N[C@@H]3CC[C@H](OC=O)C3)c3ccccc3nc2cc1OCCCN1CCCC1. The van der Waals surface area contributed by atoms with Gasteiger partial charge in [0.05, 0.1) is 30.4 Å². The molecule has 0 spiro atoms. The zero-order valence-electron chi connectivity index (χ0n) is 19.8. The summed E-state index contributed by atoms with van der Waals surface area (Å²) in [6.07, 6.45) is 6.20. The number of carbonyl (C=O) groups excluding carboxylic acids is 1. The van der Waals surface area contributed by atoms with Crippen LogP contribution in [0, 0.1) is 0 Å². The lowest BCUT2D eigenvalue weighted by Gasteiger charge is -2.20. The molecule has 2 atom stereocenters. The summed E-state index contributed by atoms with van der Waals surface area (Å²) in [4.78, 5) is 18.2. The van der Waals surface area contributed by atoms with Gasteiger partial charge in [0.1, 0.15) is 6.10 Å². The molecule has 2 heterocycles. The average Bonchev–Trinajstić information content (AvgIpc) is 3.54. The summed E-state index contributed by atoms with van der Waals surface area (Å²) in [5.74, 6) is 1.44. The molecule has 2 aliphatic rings. The number of nitrogens with zero attached hydrogens (tertiary/aromatic N) is 2. The van der Waals surface area contributed by atoms with Gasteiger partial charge in [-0.2, -0.15) is 0 Å². The Morgan fingerprint density at radius 2 is 1.94 bits per heavy atom. The first-order chi connectivity index (χ1) is 16.7. The van der Waals surface area contributed by atoms with Crippen LogP contribution in [0.2, 0.25) is 0 Å². The molecule has 0 radical (unpaired) electrons. The van der Waals surface area contributed by atoms with Crippen molar-refractivity contribution in [2.75, 3.05) is 38.7 Å². The fourth-order valence-electron chi connectivity index (χ4n) is 5.28. The van der Waals surface area contributed by atoms with E-state index in [0.717, 1.165) is 65.5 Å². The van der Waals surface area contributed by atoms with Crippen molar-refractivity contribution < 1.29 is 19.0 Å². The van der Waals surface area contributed by atoms with Crippen LogP contribution in [-0.2, 0) is 9.53 Å². The van der Waals surface area contributed by atoms with Crippen LogP contribution < -0.4 is 14.8 Å². The van der Waals surface area contributed by atoms with Gasteiger partial charge in [-0.3, -0.25) is 4.79 Å². The first-order valence-electron chi connectivity index (χ1n) is 12.4. The van der Waals surface area contributed by atoms with Crippen molar-refractivity contribution in [1.82, 2.24) is 9.88 Å². The number of carbonyl (C=O) groups is 1. The molecular formula is C27H33N3O4. The number of benzene rings is 2. The van der Waals surface area contributed by atoms with Crippen molar-refractivity contribution in [2.24, 2.45) is 0 Å². The highest BCUT2D eigenvalue weighted by Gasteiger charge is 2.27. The summed E-state index contributed by atoms with van der Waals surface area (Å²) < 4.78 is 17.1. The number of fused-ring (bicyclic) bond motifs is 2. The molecule has 1 aliphatic heterocycles. The highest BCUT2D eigenvalue weighted by atomic mass is 16.5. The molecule has 1 saturated carbocycles. The van der Waals surface area contributed by atoms with Gasteiger partial charge in [-0.05, 0) is 57.3 Å². The maximum atomic E-state index is 10.8. The second-order valence-electron chi connectivity index (χ2n) is 9.28. The topological polar surface area (TPSA) is 72.9 Å². The van der Waals surface area contributed by atoms with E-state index in [-0.39, 0.29) is 12.1 Å². The maximum Gasteiger partial charge on any atom is 0.293 e. The second kappa shape index (κ2) is 10.5. The molecule has 7 nitrogen and oxygen atoms in total. The van der Waals surface area contributed by atoms with Crippen molar-refractivity contribution in [3.63, 3.8) is 0 Å². The van der Waals surface area contributed by atoms with E-state index in [2.05, 4.69) is 16.3 Å². The highest BCUT2D eigenvalue weighted by Crippen LogP contribution is 2.39. The Balaban J connectivity index is 1.42. The molecule has 3 aromatic rings. The Morgan fingerprint density at radius 3 is 2.76 bits per heavy atom. The smallest absolute Gasteiger partial charge is 0.293 e. The van der Waals surface area contributed by atoms with Gasteiger partial charge in [0, 0.05) is 35.8 Å². The number of methoxy groups -OCH3 is 1. The average molecular weight is 464 g/mol. The number of para-hydroxylation sites is 1. The summed E-state index contributed by atoms with van der Waals surface area (Å²) in [6.45, 7) is 4.69. The van der Waals surface area contributed by atoms with E-state index >= 15 is 0 Å². The molecule has 1 N–H and O–H groups in total. The number of hydrogen-bond acceptors (Lipinski definition) is 7. The van der Waals surface area contributed by atoms with Gasteiger partial charge in [0.2, 0.25) is 0 Å². The van der Waals surface area contributed by atoms with Crippen molar-refractivity contribution >= 4 is 34.0 Å². The molecule has 0 unspecified atom stereocenters. The molecule has 1 aromatic heterocycles. The second-order valence-corrected chi connectivity index (χ2v) is 9.28. The van der Waals surface area contributed by atoms with E-state index in [1.54, 1.807) is 7.11 Å². The largest absolute Gasteiger partial charge is 0.493 e. The van der Waals surface area contributed by atoms with Gasteiger partial charge in [-0.1, -0.05) is 18.2 Å². The molecule has 2 fully saturated rings. The Kier molecular flexibility index (Phi) is 7.00. The van der Waals surface area contributed by atoms with Gasteiger partial charge >= 0.3 is 0 Å². The van der Waals surface area contributed by atoms with Crippen molar-refractivity contribution in [3.8, 4) is 11.5 Å². The first kappa shape index (κ1) is 22.7. The fraction of sp³-hybridized carbons (Fsp3) is 0.481. The molecule has 5 rings (SSSR count). The van der Waals surface area contributed by atoms with Crippen LogP contribution in [0.4, 0.5) is 5.69 Å². The summed E-state index contributed by atoms with van der Waals surface area (Å²) >= 11 is 0. The number of likely N-dealkylation sites (tertiary alicyclic amines) is 1. The van der Waals surface area contributed by atoms with Crippen LogP contribution in [0.1, 0.15) is 38.5 Å². The zero-order valence-corrected chi connectivity index (χ0v) is 19.8. The lowest BCUT2D eigenvalue weighted by Crippen LogP contribution is -2.22. The molecule has 1 saturated heterocycles. The quantitative estimate of drug-likeness (QED) is 0.264. The number of nitrogens with one attached hydrogen (secondary N) is 1. The van der Waals surface area contributed by atoms with E-state index < -0.39 is 0 Å². The predicted octanol–water partition coefficient (Wildman–Crippen LogP) is 4.77. The van der Waals surface area contributed by atoms with Crippen LogP contribution >= 0.6 is 0 Å². The molecular weight excluding hydrogens is 430 g/mol. The standard InChI is InChI=1S/C27H33N3O4/c1-32-25-16-22-24(17-26(25)33-14-6-13-30-11-4-5-12-30)29-23-8-3-2-7-21(23)27(22)28-19-9-10-20(15-19)34-18-31/h2-3,7-8,16-20H,4-6,9-15H2,1H3,(H,28,29)/t19-,20+/m1/s1. The summed E-state index contributed by atoms with van der Waals surface area (Å²) in [6, 6.07) is 12.4. The number of pyridine rings is 1. The highest BCUT2D eigenvalue weighted by molar-refractivity contribution is 6.08. The number of ether oxygens (including phenoxy) is 3. The van der Waals surface area contributed by atoms with E-state index in [1.165, 1.54) is 25.9 Å². The van der Waals surface area contributed by atoms with Crippen molar-refractivity contribution in [3.05, 3.63) is 36.4 Å². The first-order valence-corrected chi connectivity index (χ1v) is 12.4. The molecule has 0 amide bonds. The van der Waals surface area contributed by atoms with Crippen LogP contribution in [0.25, 0.3) is 21.8 Å². The van der Waals surface area contributed by atoms with E-state index in [0.29, 0.717) is 18.8 Å². The number of anilines is 1. The minimum Gasteiger partial charge on any atom is -0.493 e. The van der Waals surface area contributed by atoms with Crippen LogP contribution in [0.3, 0.4) is 0 Å². The lowest BCUT2D eigenvalue weighted by molar-refractivity contribution is -0.133. The third-order valence-electron chi connectivity index (χ3n) is 7.02. The van der Waals surface area contributed by atoms with Crippen molar-refractivity contribution in [1.29, 1.82) is 0 Å². The molecule has 0 bridgehead atoms. The monoisotopic (exact) mass is 463 g/mol. The Hall–Kier alpha value is -3.06. The summed E-state index contributed by atoms with van der Waals surface area (Å²) in [5, 5.41) is 5.80. The van der Waals surface area contributed by atoms with Gasteiger partial charge in [-0.15, -0.1) is 0 Å². The minimum atomic E-state index is -0.0236. The van der Waals surface area contributed by atoms with Gasteiger partial charge in [0.25, 0.3) is 6.47 Å². The molecule has 1 aliphatic carbocycles. The third kappa shape index (κ3) is 4.89. The number of hydrogen-bond donors (Lipinski definition) is 1. The minimum absolute atomic E-state index is 0.0236. The molecule has 180 valence electrons. The summed E-state index contributed by atoms with van der Waals surface area (Å²) in [7, 11) is 1.68. The van der Waals surface area contributed by atoms with Crippen LogP contribution in [0.15, 0.2) is 36.4 Å². The maximum absolute atomic E-state index is 10.8. The zero-order chi connectivity index (χ0) is 23.3. The van der Waals surface area contributed by atoms with Crippen LogP contribution in [0.5, 0.6) is 11.5 Å². The van der Waals surface area contributed by atoms with E-state index in [9.17, 15) is 4.79 Å². The molecule has 7 heteroatoms. The van der Waals surface area contributed by atoms with Crippen molar-refractivity contribution in [2.45, 2.75) is 50.7 Å². The predicted molar refractivity (Wildman–Crippen MR) is 134 cm³/mol. The number of rotatable bonds is 10. The molecule has 34 heavy (non-hydrogen) atoms. The Morgan fingerprint density at radius 1 is 1.09 bits per heavy atom. The summed E-state index contributed by atoms with van der Waals surface area (Å²) in [5.41, 5.74) is 2.84. The Bertz CT molecular complexity index is 1150. The number of aromatic nitrogens is 1. The Labute approximate surface area is 200 Å². The van der Waals surface area contributed by atoms with Gasteiger partial charge in [0.15, 0.2) is 11.5 Å². The van der Waals surface area contributed by atoms with Crippen LogP contribution in [-0.4, -0.2) is 61.9 Å². The fourth-order valence-corrected chi connectivity index (χ4v) is 5.28. The molecule has 2 aromatic carbocycles. The van der Waals surface area contributed by atoms with Gasteiger partial charge in [-0.25, -0.2) is 4.98 Å². The van der Waals surface area contributed by atoms with E-state index in [1.807, 2.05) is 30.3 Å². The normalized spacial score (nSPS) is 20.6. The van der Waals surface area contributed by atoms with E-state index in [4.69, 9.17) is 19.2 Å². The van der Waals surface area contributed by atoms with Gasteiger partial charge < -0.3 is 24.4 Å².